The van der Waals surface area contributed by atoms with Crippen LogP contribution in [0.2, 0.25) is 10.0 Å². The summed E-state index contributed by atoms with van der Waals surface area (Å²) in [5, 5.41) is 3.81. The van der Waals surface area contributed by atoms with Crippen molar-refractivity contribution in [2.75, 3.05) is 23.7 Å². The number of hydrogen-bond acceptors (Lipinski definition) is 4. The third kappa shape index (κ3) is 9.21. The summed E-state index contributed by atoms with van der Waals surface area (Å²) in [6.07, 6.45) is 2.53. The standard InChI is InChI=1S/C32H39Cl2N3O4S/c1-5-18-35-32(39)30(20-25-12-7-6-8-13-25)36(22-26-16-17-27(33)21-28(26)34)31(38)15-10-19-37(42(4,40)41)29-14-9-11-23(2)24(29)3/h6-9,11-14,16-17,21,30H,5,10,15,18-20,22H2,1-4H3,(H,35,39)/t30-/m0/s1. The Kier molecular flexibility index (Phi) is 12.3. The van der Waals surface area contributed by atoms with Crippen LogP contribution in [0.3, 0.4) is 0 Å². The van der Waals surface area contributed by atoms with Crippen LogP contribution in [0.1, 0.15) is 48.4 Å². The third-order valence-corrected chi connectivity index (χ3v) is 8.94. The van der Waals surface area contributed by atoms with Gasteiger partial charge in [-0.3, -0.25) is 13.9 Å². The molecule has 0 aliphatic rings. The van der Waals surface area contributed by atoms with Crippen molar-refractivity contribution in [2.24, 2.45) is 0 Å². The molecule has 42 heavy (non-hydrogen) atoms. The van der Waals surface area contributed by atoms with Gasteiger partial charge in [-0.05, 0) is 67.1 Å². The first-order valence-corrected chi connectivity index (χ1v) is 16.6. The molecule has 0 aromatic heterocycles. The molecule has 3 rings (SSSR count). The molecule has 0 saturated carbocycles. The van der Waals surface area contributed by atoms with Gasteiger partial charge < -0.3 is 10.2 Å². The Labute approximate surface area is 259 Å². The van der Waals surface area contributed by atoms with Crippen LogP contribution in [-0.2, 0) is 32.6 Å². The second kappa shape index (κ2) is 15.4. The molecule has 0 spiro atoms. The number of aryl methyl sites for hydroxylation is 1. The van der Waals surface area contributed by atoms with E-state index in [1.165, 1.54) is 10.6 Å². The number of rotatable bonds is 14. The van der Waals surface area contributed by atoms with E-state index in [-0.39, 0.29) is 37.7 Å². The molecular formula is C32H39Cl2N3O4S. The molecule has 3 aromatic rings. The highest BCUT2D eigenvalue weighted by Gasteiger charge is 2.31. The van der Waals surface area contributed by atoms with Crippen LogP contribution >= 0.6 is 23.2 Å². The molecule has 0 heterocycles. The van der Waals surface area contributed by atoms with Crippen molar-refractivity contribution in [1.82, 2.24) is 10.2 Å². The molecule has 0 unspecified atom stereocenters. The van der Waals surface area contributed by atoms with Crippen LogP contribution in [-0.4, -0.2) is 50.5 Å². The van der Waals surface area contributed by atoms with Crippen LogP contribution in [0.5, 0.6) is 0 Å². The average Bonchev–Trinajstić information content (AvgIpc) is 2.94. The van der Waals surface area contributed by atoms with E-state index in [1.54, 1.807) is 29.2 Å². The number of carbonyl (C=O) groups is 2. The lowest BCUT2D eigenvalue weighted by atomic mass is 10.0. The van der Waals surface area contributed by atoms with Crippen LogP contribution in [0.15, 0.2) is 66.7 Å². The van der Waals surface area contributed by atoms with E-state index in [0.29, 0.717) is 34.3 Å². The fraction of sp³-hybridized carbons (Fsp3) is 0.375. The third-order valence-electron chi connectivity index (χ3n) is 7.17. The van der Waals surface area contributed by atoms with Crippen molar-refractivity contribution in [3.8, 4) is 0 Å². The fourth-order valence-corrected chi connectivity index (χ4v) is 6.23. The SMILES string of the molecule is CCCNC(=O)[C@H](Cc1ccccc1)N(Cc1ccc(Cl)cc1Cl)C(=O)CCCN(c1cccc(C)c1C)S(C)(=O)=O. The summed E-state index contributed by atoms with van der Waals surface area (Å²) < 4.78 is 26.9. The summed E-state index contributed by atoms with van der Waals surface area (Å²) in [5.41, 5.74) is 4.00. The van der Waals surface area contributed by atoms with E-state index in [0.717, 1.165) is 23.1 Å². The molecule has 0 aliphatic carbocycles. The van der Waals surface area contributed by atoms with Crippen molar-refractivity contribution >= 4 is 50.7 Å². The number of sulfonamides is 1. The smallest absolute Gasteiger partial charge is 0.243 e. The molecule has 0 fully saturated rings. The van der Waals surface area contributed by atoms with Crippen LogP contribution < -0.4 is 9.62 Å². The molecule has 0 aliphatic heterocycles. The second-order valence-corrected chi connectivity index (χ2v) is 13.2. The minimum Gasteiger partial charge on any atom is -0.354 e. The van der Waals surface area contributed by atoms with Gasteiger partial charge in [-0.2, -0.15) is 0 Å². The van der Waals surface area contributed by atoms with Gasteiger partial charge in [0, 0.05) is 42.5 Å². The van der Waals surface area contributed by atoms with Crippen LogP contribution in [0, 0.1) is 13.8 Å². The highest BCUT2D eigenvalue weighted by atomic mass is 35.5. The average molecular weight is 633 g/mol. The molecule has 0 radical (unpaired) electrons. The van der Waals surface area contributed by atoms with E-state index in [1.807, 2.05) is 63.2 Å². The van der Waals surface area contributed by atoms with Crippen molar-refractivity contribution in [3.63, 3.8) is 0 Å². The highest BCUT2D eigenvalue weighted by Crippen LogP contribution is 2.27. The minimum absolute atomic E-state index is 0.0362. The van der Waals surface area contributed by atoms with Crippen molar-refractivity contribution in [1.29, 1.82) is 0 Å². The Hall–Kier alpha value is -3.07. The summed E-state index contributed by atoms with van der Waals surface area (Å²) >= 11 is 12.6. The maximum atomic E-state index is 13.9. The summed E-state index contributed by atoms with van der Waals surface area (Å²) in [6, 6.07) is 19.3. The Bertz CT molecular complexity index is 1480. The van der Waals surface area contributed by atoms with Gasteiger partial charge in [0.2, 0.25) is 21.8 Å². The number of halogens is 2. The van der Waals surface area contributed by atoms with Gasteiger partial charge in [-0.1, -0.05) is 78.7 Å². The van der Waals surface area contributed by atoms with Gasteiger partial charge in [-0.25, -0.2) is 8.42 Å². The van der Waals surface area contributed by atoms with Gasteiger partial charge in [-0.15, -0.1) is 0 Å². The fourth-order valence-electron chi connectivity index (χ4n) is 4.74. The Morgan fingerprint density at radius 2 is 1.69 bits per heavy atom. The lowest BCUT2D eigenvalue weighted by molar-refractivity contribution is -0.141. The lowest BCUT2D eigenvalue weighted by Crippen LogP contribution is -2.50. The predicted molar refractivity (Wildman–Crippen MR) is 172 cm³/mol. The van der Waals surface area contributed by atoms with Crippen molar-refractivity contribution in [2.45, 2.75) is 59.0 Å². The number of carbonyl (C=O) groups excluding carboxylic acids is 2. The highest BCUT2D eigenvalue weighted by molar-refractivity contribution is 7.92. The molecule has 1 N–H and O–H groups in total. The maximum absolute atomic E-state index is 13.9. The first-order chi connectivity index (χ1) is 19.9. The largest absolute Gasteiger partial charge is 0.354 e. The molecule has 7 nitrogen and oxygen atoms in total. The number of nitrogens with one attached hydrogen (secondary N) is 1. The molecule has 0 saturated heterocycles. The normalized spacial score (nSPS) is 12.0. The van der Waals surface area contributed by atoms with Crippen molar-refractivity contribution in [3.05, 3.63) is 99.0 Å². The Balaban J connectivity index is 1.92. The summed E-state index contributed by atoms with van der Waals surface area (Å²) in [5.74, 6) is -0.532. The Morgan fingerprint density at radius 3 is 2.33 bits per heavy atom. The van der Waals surface area contributed by atoms with Gasteiger partial charge in [0.15, 0.2) is 0 Å². The number of nitrogens with zero attached hydrogens (tertiary/aromatic N) is 2. The molecule has 1 atom stereocenters. The number of anilines is 1. The lowest BCUT2D eigenvalue weighted by Gasteiger charge is -2.32. The molecule has 3 aromatic carbocycles. The molecule has 10 heteroatoms. The maximum Gasteiger partial charge on any atom is 0.243 e. The predicted octanol–water partition coefficient (Wildman–Crippen LogP) is 6.32. The molecule has 226 valence electrons. The minimum atomic E-state index is -3.60. The van der Waals surface area contributed by atoms with Crippen LogP contribution in [0.25, 0.3) is 0 Å². The number of benzene rings is 3. The van der Waals surface area contributed by atoms with Gasteiger partial charge in [0.25, 0.3) is 0 Å². The van der Waals surface area contributed by atoms with E-state index in [2.05, 4.69) is 5.32 Å². The second-order valence-electron chi connectivity index (χ2n) is 10.4. The zero-order valence-electron chi connectivity index (χ0n) is 24.6. The van der Waals surface area contributed by atoms with E-state index in [4.69, 9.17) is 23.2 Å². The number of amides is 2. The Morgan fingerprint density at radius 1 is 0.976 bits per heavy atom. The summed E-state index contributed by atoms with van der Waals surface area (Å²) in [6.45, 7) is 6.47. The van der Waals surface area contributed by atoms with Gasteiger partial charge in [0.1, 0.15) is 6.04 Å². The van der Waals surface area contributed by atoms with E-state index in [9.17, 15) is 18.0 Å². The van der Waals surface area contributed by atoms with E-state index >= 15 is 0 Å². The topological polar surface area (TPSA) is 86.8 Å². The van der Waals surface area contributed by atoms with Crippen molar-refractivity contribution < 1.29 is 18.0 Å². The zero-order chi connectivity index (χ0) is 30.9. The molecule has 0 bridgehead atoms. The van der Waals surface area contributed by atoms with Gasteiger partial charge in [0.05, 0.1) is 11.9 Å². The zero-order valence-corrected chi connectivity index (χ0v) is 26.9. The van der Waals surface area contributed by atoms with E-state index < -0.39 is 16.1 Å². The quantitative estimate of drug-likeness (QED) is 0.225. The van der Waals surface area contributed by atoms with Crippen LogP contribution in [0.4, 0.5) is 5.69 Å². The monoisotopic (exact) mass is 631 g/mol. The summed E-state index contributed by atoms with van der Waals surface area (Å²) in [7, 11) is -3.60. The first kappa shape index (κ1) is 33.4. The molecular weight excluding hydrogens is 593 g/mol. The van der Waals surface area contributed by atoms with Gasteiger partial charge >= 0.3 is 0 Å². The first-order valence-electron chi connectivity index (χ1n) is 14.0. The molecule has 2 amide bonds. The number of hydrogen-bond donors (Lipinski definition) is 1. The summed E-state index contributed by atoms with van der Waals surface area (Å²) in [4.78, 5) is 29.0.